The Morgan fingerprint density at radius 2 is 0.857 bits per heavy atom. The summed E-state index contributed by atoms with van der Waals surface area (Å²) >= 11 is 0. The maximum Gasteiger partial charge on any atom is 0.584 e. The molecule has 16 nitrogen and oxygen atoms in total. The van der Waals surface area contributed by atoms with Gasteiger partial charge >= 0.3 is 7.82 Å². The molecule has 0 radical (unpaired) electrons. The van der Waals surface area contributed by atoms with Gasteiger partial charge in [-0.3, -0.25) is 45.4 Å². The van der Waals surface area contributed by atoms with Gasteiger partial charge in [0.25, 0.3) is 22.7 Å². The Bertz CT molecular complexity index is 2000. The number of nitro benzene ring substituents is 4. The number of nitro groups is 4. The van der Waals surface area contributed by atoms with Gasteiger partial charge in [0.2, 0.25) is 0 Å². The van der Waals surface area contributed by atoms with E-state index in [1.807, 2.05) is 0 Å². The van der Waals surface area contributed by atoms with E-state index >= 15 is 0 Å². The van der Waals surface area contributed by atoms with Crippen molar-refractivity contribution < 1.29 is 38.2 Å². The Hall–Kier alpha value is -5.73. The van der Waals surface area contributed by atoms with Gasteiger partial charge in [-0.25, -0.2) is 4.57 Å². The van der Waals surface area contributed by atoms with Crippen molar-refractivity contribution in [1.82, 2.24) is 0 Å². The summed E-state index contributed by atoms with van der Waals surface area (Å²) in [6.45, 7) is 0. The molecule has 4 aromatic rings. The average Bonchev–Trinajstić information content (AvgIpc) is 3.20. The fourth-order valence-corrected chi connectivity index (χ4v) is 7.97. The van der Waals surface area contributed by atoms with Crippen LogP contribution in [-0.4, -0.2) is 24.6 Å². The summed E-state index contributed by atoms with van der Waals surface area (Å²) in [6, 6.07) is 9.49. The van der Waals surface area contributed by atoms with Gasteiger partial charge in [-0.2, -0.15) is 0 Å². The lowest BCUT2D eigenvalue weighted by Gasteiger charge is -2.27. The fraction of sp³-hybridized carbons (Fsp3) is 0.250. The molecular weight excluding hydrogens is 663 g/mol. The van der Waals surface area contributed by atoms with E-state index < -0.39 is 50.3 Å². The van der Waals surface area contributed by atoms with Gasteiger partial charge in [-0.1, -0.05) is 0 Å². The molecular formula is C32H25N4O12P. The number of fused-ring (bicyclic) bond motifs is 7. The van der Waals surface area contributed by atoms with Crippen molar-refractivity contribution in [2.24, 2.45) is 0 Å². The van der Waals surface area contributed by atoms with Crippen molar-refractivity contribution in [3.8, 4) is 44.9 Å². The first-order valence-electron chi connectivity index (χ1n) is 15.3. The van der Waals surface area contributed by atoms with Crippen LogP contribution >= 0.6 is 7.82 Å². The van der Waals surface area contributed by atoms with E-state index in [1.54, 1.807) is 12.1 Å². The summed E-state index contributed by atoms with van der Waals surface area (Å²) in [6.07, 6.45) is 5.27. The van der Waals surface area contributed by atoms with Crippen LogP contribution in [0.1, 0.15) is 47.9 Å². The molecule has 1 heterocycles. The molecule has 0 amide bonds. The molecule has 1 aliphatic heterocycles. The number of phosphoric ester groups is 1. The molecule has 250 valence electrons. The highest BCUT2D eigenvalue weighted by atomic mass is 31.2. The molecule has 0 spiro atoms. The molecule has 0 saturated heterocycles. The number of rotatable bonds is 6. The van der Waals surface area contributed by atoms with Gasteiger partial charge in [0, 0.05) is 46.5 Å². The molecule has 2 aliphatic carbocycles. The average molecular weight is 689 g/mol. The summed E-state index contributed by atoms with van der Waals surface area (Å²) < 4.78 is 25.5. The van der Waals surface area contributed by atoms with E-state index in [0.717, 1.165) is 84.3 Å². The normalized spacial score (nSPS) is 15.6. The van der Waals surface area contributed by atoms with Gasteiger partial charge in [0.15, 0.2) is 0 Å². The highest BCUT2D eigenvalue weighted by molar-refractivity contribution is 7.48. The minimum absolute atomic E-state index is 0.00769. The smallest absolute Gasteiger partial charge is 0.394 e. The van der Waals surface area contributed by atoms with Crippen molar-refractivity contribution in [2.45, 2.75) is 51.4 Å². The molecule has 17 heteroatoms. The molecule has 0 aromatic heterocycles. The van der Waals surface area contributed by atoms with Crippen LogP contribution in [0.3, 0.4) is 0 Å². The van der Waals surface area contributed by atoms with Crippen LogP contribution in [0.4, 0.5) is 22.7 Å². The van der Waals surface area contributed by atoms with Crippen molar-refractivity contribution in [3.05, 3.63) is 111 Å². The van der Waals surface area contributed by atoms with Crippen molar-refractivity contribution >= 4 is 30.6 Å². The zero-order valence-corrected chi connectivity index (χ0v) is 26.3. The number of non-ortho nitro benzene ring substituents is 4. The maximum atomic E-state index is 13.9. The van der Waals surface area contributed by atoms with Crippen LogP contribution in [0.25, 0.3) is 33.4 Å². The number of phosphoric acid groups is 1. The summed E-state index contributed by atoms with van der Waals surface area (Å²) in [5, 5.41) is 47.3. The van der Waals surface area contributed by atoms with Crippen molar-refractivity contribution in [3.63, 3.8) is 0 Å². The summed E-state index contributed by atoms with van der Waals surface area (Å²) in [7, 11) is -5.12. The first-order valence-corrected chi connectivity index (χ1v) is 16.8. The molecule has 7 rings (SSSR count). The Kier molecular flexibility index (Phi) is 7.64. The molecule has 1 N–H and O–H groups in total. The van der Waals surface area contributed by atoms with E-state index in [1.165, 1.54) is 0 Å². The molecule has 0 bridgehead atoms. The molecule has 49 heavy (non-hydrogen) atoms. The molecule has 3 aliphatic rings. The lowest BCUT2D eigenvalue weighted by Crippen LogP contribution is -2.10. The lowest BCUT2D eigenvalue weighted by atomic mass is 9.77. The SMILES string of the molecule is O=[N+]([O-])c1cc(-c2cc3c(c4c2OP(=O)(O)Oc2c(-c5cc([N+](=O)[O-])cc([N+](=O)[O-])c5)cc5c(c2-4)CCCC5)CCCC3)cc([N+](=O)[O-])c1. The largest absolute Gasteiger partial charge is 0.584 e. The second-order valence-corrected chi connectivity index (χ2v) is 13.4. The van der Waals surface area contributed by atoms with Gasteiger partial charge in [-0.15, -0.1) is 0 Å². The van der Waals surface area contributed by atoms with Crippen LogP contribution < -0.4 is 9.05 Å². The molecule has 0 fully saturated rings. The number of hydrogen-bond acceptors (Lipinski definition) is 11. The standard InChI is InChI=1S/C32H25N4O12P/c37-33(38)21-9-19(10-22(15-21)34(39)40)27-13-17-5-1-3-7-25(17)29-30-26-8-4-2-6-18(26)14-28(32(30)48-49(45,46)47-31(27)29)20-11-23(35(41)42)16-24(12-20)36(43)44/h9-16H,1-8H2,(H,45,46). The zero-order chi connectivity index (χ0) is 34.8. The van der Waals surface area contributed by atoms with E-state index in [2.05, 4.69) is 0 Å². The Morgan fingerprint density at radius 3 is 1.18 bits per heavy atom. The monoisotopic (exact) mass is 688 g/mol. The zero-order valence-electron chi connectivity index (χ0n) is 25.4. The maximum absolute atomic E-state index is 13.9. The Labute approximate surface area is 276 Å². The van der Waals surface area contributed by atoms with Crippen LogP contribution in [-0.2, 0) is 30.2 Å². The Morgan fingerprint density at radius 1 is 0.531 bits per heavy atom. The summed E-state index contributed by atoms with van der Waals surface area (Å²) in [5.41, 5.74) is 1.85. The van der Waals surface area contributed by atoms with E-state index in [9.17, 15) is 49.9 Å². The molecule has 0 saturated carbocycles. The van der Waals surface area contributed by atoms with Gasteiger partial charge in [-0.05, 0) is 96.9 Å². The first kappa shape index (κ1) is 31.8. The topological polar surface area (TPSA) is 228 Å². The predicted molar refractivity (Wildman–Crippen MR) is 174 cm³/mol. The lowest BCUT2D eigenvalue weighted by molar-refractivity contribution is -0.394. The second kappa shape index (κ2) is 11.8. The second-order valence-electron chi connectivity index (χ2n) is 12.1. The molecule has 4 aromatic carbocycles. The van der Waals surface area contributed by atoms with Crippen LogP contribution in [0.2, 0.25) is 0 Å². The third-order valence-electron chi connectivity index (χ3n) is 9.14. The summed E-state index contributed by atoms with van der Waals surface area (Å²) in [5.74, 6) is -0.315. The first-order chi connectivity index (χ1) is 23.3. The summed E-state index contributed by atoms with van der Waals surface area (Å²) in [4.78, 5) is 55.5. The minimum Gasteiger partial charge on any atom is -0.394 e. The number of aryl methyl sites for hydroxylation is 2. The minimum atomic E-state index is -5.12. The number of benzene rings is 4. The molecule has 0 unspecified atom stereocenters. The Balaban J connectivity index is 1.63. The predicted octanol–water partition coefficient (Wildman–Crippen LogP) is 7.95. The van der Waals surface area contributed by atoms with Gasteiger partial charge < -0.3 is 9.05 Å². The van der Waals surface area contributed by atoms with Crippen molar-refractivity contribution in [1.29, 1.82) is 0 Å². The van der Waals surface area contributed by atoms with Gasteiger partial charge in [0.05, 0.1) is 31.8 Å². The molecule has 0 atom stereocenters. The van der Waals surface area contributed by atoms with Crippen LogP contribution in [0.5, 0.6) is 11.5 Å². The number of nitrogens with zero attached hydrogens (tertiary/aromatic N) is 4. The van der Waals surface area contributed by atoms with Crippen LogP contribution in [0.15, 0.2) is 48.5 Å². The van der Waals surface area contributed by atoms with E-state index in [-0.39, 0.29) is 33.8 Å². The quantitative estimate of drug-likeness (QED) is 0.116. The van der Waals surface area contributed by atoms with Crippen LogP contribution in [0, 0.1) is 40.5 Å². The number of hydrogen-bond donors (Lipinski definition) is 1. The van der Waals surface area contributed by atoms with Gasteiger partial charge in [0.1, 0.15) is 11.5 Å². The van der Waals surface area contributed by atoms with E-state index in [0.29, 0.717) is 36.8 Å². The third kappa shape index (κ3) is 5.64. The van der Waals surface area contributed by atoms with Crippen molar-refractivity contribution in [2.75, 3.05) is 0 Å². The highest BCUT2D eigenvalue weighted by Gasteiger charge is 2.40. The highest BCUT2D eigenvalue weighted by Crippen LogP contribution is 2.62. The third-order valence-corrected chi connectivity index (χ3v) is 9.97. The van der Waals surface area contributed by atoms with E-state index in [4.69, 9.17) is 9.05 Å². The fourth-order valence-electron chi connectivity index (χ4n) is 7.09.